The largest absolute Gasteiger partial charge is 0.497 e. The summed E-state index contributed by atoms with van der Waals surface area (Å²) < 4.78 is 10.6. The van der Waals surface area contributed by atoms with Crippen LogP contribution in [0.3, 0.4) is 0 Å². The summed E-state index contributed by atoms with van der Waals surface area (Å²) in [7, 11) is 1.61. The Kier molecular flexibility index (Phi) is 3.70. The Balaban J connectivity index is 2.52. The smallest absolute Gasteiger partial charge is 0.228 e. The summed E-state index contributed by atoms with van der Waals surface area (Å²) in [6, 6.07) is 7.40. The van der Waals surface area contributed by atoms with Gasteiger partial charge in [0.2, 0.25) is 11.8 Å². The average molecular weight is 260 g/mol. The minimum Gasteiger partial charge on any atom is -0.497 e. The molecule has 0 fully saturated rings. The minimum absolute atomic E-state index is 0.0956. The van der Waals surface area contributed by atoms with Crippen molar-refractivity contribution in [1.82, 2.24) is 9.97 Å². The van der Waals surface area contributed by atoms with Crippen molar-refractivity contribution in [2.24, 2.45) is 0 Å². The number of nitrogen functional groups attached to an aromatic ring is 2. The molecule has 0 atom stereocenters. The molecule has 0 radical (unpaired) electrons. The fourth-order valence-electron chi connectivity index (χ4n) is 1.74. The van der Waals surface area contributed by atoms with Crippen LogP contribution in [0.5, 0.6) is 11.6 Å². The van der Waals surface area contributed by atoms with Crippen LogP contribution in [0.2, 0.25) is 0 Å². The van der Waals surface area contributed by atoms with Gasteiger partial charge in [-0.05, 0) is 24.6 Å². The zero-order chi connectivity index (χ0) is 13.8. The van der Waals surface area contributed by atoms with Crippen LogP contribution in [0.15, 0.2) is 24.3 Å². The first kappa shape index (κ1) is 12.9. The Morgan fingerprint density at radius 2 is 1.79 bits per heavy atom. The van der Waals surface area contributed by atoms with Crippen LogP contribution in [0.4, 0.5) is 11.8 Å². The monoisotopic (exact) mass is 260 g/mol. The van der Waals surface area contributed by atoms with Crippen LogP contribution in [-0.4, -0.2) is 23.7 Å². The van der Waals surface area contributed by atoms with Gasteiger partial charge in [0.15, 0.2) is 0 Å². The third-order valence-electron chi connectivity index (χ3n) is 2.58. The molecule has 2 rings (SSSR count). The van der Waals surface area contributed by atoms with Crippen molar-refractivity contribution in [1.29, 1.82) is 0 Å². The molecule has 0 aliphatic heterocycles. The van der Waals surface area contributed by atoms with E-state index in [1.807, 2.05) is 31.2 Å². The van der Waals surface area contributed by atoms with E-state index in [1.165, 1.54) is 0 Å². The number of aromatic nitrogens is 2. The standard InChI is InChI=1S/C13H16N4O2/c1-3-19-12-10(11(14)16-13(15)17-12)8-4-6-9(18-2)7-5-8/h4-7H,3H2,1-2H3,(H4,14,15,16,17). The molecule has 0 spiro atoms. The maximum atomic E-state index is 5.91. The van der Waals surface area contributed by atoms with Gasteiger partial charge in [0.1, 0.15) is 11.6 Å². The van der Waals surface area contributed by atoms with Crippen LogP contribution in [0.25, 0.3) is 11.1 Å². The fraction of sp³-hybridized carbons (Fsp3) is 0.231. The molecule has 1 aromatic heterocycles. The van der Waals surface area contributed by atoms with E-state index in [0.29, 0.717) is 23.9 Å². The molecule has 0 saturated heterocycles. The van der Waals surface area contributed by atoms with Gasteiger partial charge in [-0.1, -0.05) is 12.1 Å². The maximum Gasteiger partial charge on any atom is 0.228 e. The molecule has 4 N–H and O–H groups in total. The van der Waals surface area contributed by atoms with Crippen LogP contribution < -0.4 is 20.9 Å². The number of benzene rings is 1. The predicted octanol–water partition coefficient (Wildman–Crippen LogP) is 1.72. The number of anilines is 2. The van der Waals surface area contributed by atoms with Crippen LogP contribution >= 0.6 is 0 Å². The Hall–Kier alpha value is -2.50. The quantitative estimate of drug-likeness (QED) is 0.868. The first-order chi connectivity index (χ1) is 9.15. The van der Waals surface area contributed by atoms with E-state index in [9.17, 15) is 0 Å². The summed E-state index contributed by atoms with van der Waals surface area (Å²) >= 11 is 0. The lowest BCUT2D eigenvalue weighted by Gasteiger charge is -2.12. The normalized spacial score (nSPS) is 10.2. The van der Waals surface area contributed by atoms with Crippen molar-refractivity contribution in [2.45, 2.75) is 6.92 Å². The highest BCUT2D eigenvalue weighted by molar-refractivity contribution is 5.79. The highest BCUT2D eigenvalue weighted by Gasteiger charge is 2.14. The zero-order valence-corrected chi connectivity index (χ0v) is 10.9. The molecule has 6 heteroatoms. The summed E-state index contributed by atoms with van der Waals surface area (Å²) in [5.74, 6) is 1.54. The number of rotatable bonds is 4. The summed E-state index contributed by atoms with van der Waals surface area (Å²) in [5, 5.41) is 0. The lowest BCUT2D eigenvalue weighted by atomic mass is 10.1. The van der Waals surface area contributed by atoms with E-state index in [-0.39, 0.29) is 5.95 Å². The van der Waals surface area contributed by atoms with Crippen LogP contribution in [0, 0.1) is 0 Å². The molecule has 19 heavy (non-hydrogen) atoms. The molecular formula is C13H16N4O2. The Morgan fingerprint density at radius 3 is 2.37 bits per heavy atom. The molecule has 0 aliphatic rings. The van der Waals surface area contributed by atoms with Crippen molar-refractivity contribution in [3.05, 3.63) is 24.3 Å². The van der Waals surface area contributed by atoms with Gasteiger partial charge < -0.3 is 20.9 Å². The van der Waals surface area contributed by atoms with Crippen molar-refractivity contribution in [2.75, 3.05) is 25.2 Å². The van der Waals surface area contributed by atoms with Gasteiger partial charge in [-0.15, -0.1) is 0 Å². The van der Waals surface area contributed by atoms with E-state index in [4.69, 9.17) is 20.9 Å². The molecular weight excluding hydrogens is 244 g/mol. The lowest BCUT2D eigenvalue weighted by Crippen LogP contribution is -2.06. The van der Waals surface area contributed by atoms with Crippen LogP contribution in [0.1, 0.15) is 6.92 Å². The number of methoxy groups -OCH3 is 1. The van der Waals surface area contributed by atoms with E-state index in [0.717, 1.165) is 11.3 Å². The van der Waals surface area contributed by atoms with Gasteiger partial charge in [-0.3, -0.25) is 0 Å². The van der Waals surface area contributed by atoms with E-state index < -0.39 is 0 Å². The second-order valence-electron chi connectivity index (χ2n) is 3.81. The second-order valence-corrected chi connectivity index (χ2v) is 3.81. The van der Waals surface area contributed by atoms with Gasteiger partial charge >= 0.3 is 0 Å². The molecule has 2 aromatic rings. The van der Waals surface area contributed by atoms with E-state index in [1.54, 1.807) is 7.11 Å². The molecule has 6 nitrogen and oxygen atoms in total. The van der Waals surface area contributed by atoms with Gasteiger partial charge in [0.05, 0.1) is 19.3 Å². The number of nitrogens with zero attached hydrogens (tertiary/aromatic N) is 2. The summed E-state index contributed by atoms with van der Waals surface area (Å²) in [6.45, 7) is 2.34. The molecule has 0 amide bonds. The number of hydrogen-bond acceptors (Lipinski definition) is 6. The summed E-state index contributed by atoms with van der Waals surface area (Å²) in [6.07, 6.45) is 0. The van der Waals surface area contributed by atoms with Gasteiger partial charge in [0, 0.05) is 0 Å². The molecule has 100 valence electrons. The van der Waals surface area contributed by atoms with Gasteiger partial charge in [0.25, 0.3) is 0 Å². The van der Waals surface area contributed by atoms with Gasteiger partial charge in [-0.25, -0.2) is 0 Å². The van der Waals surface area contributed by atoms with Crippen molar-refractivity contribution < 1.29 is 9.47 Å². The molecule has 1 heterocycles. The summed E-state index contributed by atoms with van der Waals surface area (Å²) in [4.78, 5) is 8.04. The van der Waals surface area contributed by atoms with E-state index >= 15 is 0 Å². The highest BCUT2D eigenvalue weighted by Crippen LogP contribution is 2.34. The second kappa shape index (κ2) is 5.43. The SMILES string of the molecule is CCOc1nc(N)nc(N)c1-c1ccc(OC)cc1. The van der Waals surface area contributed by atoms with Gasteiger partial charge in [-0.2, -0.15) is 9.97 Å². The number of ether oxygens (including phenoxy) is 2. The third kappa shape index (κ3) is 2.67. The molecule has 0 saturated carbocycles. The van der Waals surface area contributed by atoms with Crippen molar-refractivity contribution in [3.63, 3.8) is 0 Å². The minimum atomic E-state index is 0.0956. The molecule has 0 bridgehead atoms. The molecule has 0 aliphatic carbocycles. The van der Waals surface area contributed by atoms with Crippen LogP contribution in [-0.2, 0) is 0 Å². The highest BCUT2D eigenvalue weighted by atomic mass is 16.5. The average Bonchev–Trinajstić information content (AvgIpc) is 2.39. The Bertz CT molecular complexity index is 570. The zero-order valence-electron chi connectivity index (χ0n) is 10.9. The Morgan fingerprint density at radius 1 is 1.11 bits per heavy atom. The first-order valence-electron chi connectivity index (χ1n) is 5.86. The molecule has 0 unspecified atom stereocenters. The Labute approximate surface area is 111 Å². The third-order valence-corrected chi connectivity index (χ3v) is 2.58. The van der Waals surface area contributed by atoms with Crippen molar-refractivity contribution in [3.8, 4) is 22.8 Å². The lowest BCUT2D eigenvalue weighted by molar-refractivity contribution is 0.328. The summed E-state index contributed by atoms with van der Waals surface area (Å²) in [5.41, 5.74) is 13.0. The maximum absolute atomic E-state index is 5.91. The fourth-order valence-corrected chi connectivity index (χ4v) is 1.74. The van der Waals surface area contributed by atoms with E-state index in [2.05, 4.69) is 9.97 Å². The number of hydrogen-bond donors (Lipinski definition) is 2. The topological polar surface area (TPSA) is 96.3 Å². The first-order valence-corrected chi connectivity index (χ1v) is 5.86. The molecule has 1 aromatic carbocycles. The number of nitrogens with two attached hydrogens (primary N) is 2. The predicted molar refractivity (Wildman–Crippen MR) is 74.0 cm³/mol. The van der Waals surface area contributed by atoms with Crippen molar-refractivity contribution >= 4 is 11.8 Å².